The summed E-state index contributed by atoms with van der Waals surface area (Å²) >= 11 is 7.43. The zero-order chi connectivity index (χ0) is 11.5. The molecule has 86 valence electrons. The fourth-order valence-electron chi connectivity index (χ4n) is 1.27. The number of carbonyl (C=O) groups is 1. The van der Waals surface area contributed by atoms with Gasteiger partial charge < -0.3 is 11.1 Å². The first-order valence-corrected chi connectivity index (χ1v) is 6.48. The van der Waals surface area contributed by atoms with Crippen molar-refractivity contribution in [3.05, 3.63) is 23.2 Å². The van der Waals surface area contributed by atoms with Crippen LogP contribution in [0.15, 0.2) is 23.1 Å². The number of halogens is 1. The van der Waals surface area contributed by atoms with Gasteiger partial charge in [-0.05, 0) is 31.0 Å². The Labute approximate surface area is 104 Å². The van der Waals surface area contributed by atoms with Crippen molar-refractivity contribution in [2.45, 2.75) is 23.8 Å². The molecule has 0 atom stereocenters. The van der Waals surface area contributed by atoms with Crippen LogP contribution in [0.1, 0.15) is 12.8 Å². The molecule has 1 aromatic rings. The largest absolute Gasteiger partial charge is 0.399 e. The summed E-state index contributed by atoms with van der Waals surface area (Å²) < 4.78 is 0. The van der Waals surface area contributed by atoms with E-state index in [2.05, 4.69) is 5.32 Å². The van der Waals surface area contributed by atoms with E-state index in [9.17, 15) is 4.79 Å². The summed E-state index contributed by atoms with van der Waals surface area (Å²) in [5.74, 6) is 0.473. The Hall–Kier alpha value is -0.870. The number of nitrogens with two attached hydrogens (primary N) is 1. The summed E-state index contributed by atoms with van der Waals surface area (Å²) in [6, 6.07) is 5.73. The van der Waals surface area contributed by atoms with Crippen molar-refractivity contribution in [3.63, 3.8) is 0 Å². The highest BCUT2D eigenvalue weighted by molar-refractivity contribution is 8.00. The third-order valence-corrected chi connectivity index (χ3v) is 3.76. The van der Waals surface area contributed by atoms with Crippen molar-refractivity contribution in [2.24, 2.45) is 0 Å². The predicted molar refractivity (Wildman–Crippen MR) is 67.8 cm³/mol. The molecule has 3 N–H and O–H groups in total. The molecule has 1 aliphatic rings. The molecule has 0 saturated heterocycles. The molecule has 1 fully saturated rings. The van der Waals surface area contributed by atoms with Crippen LogP contribution in [0.3, 0.4) is 0 Å². The van der Waals surface area contributed by atoms with E-state index in [4.69, 9.17) is 17.3 Å². The molecular weight excluding hydrogens is 244 g/mol. The van der Waals surface area contributed by atoms with Crippen LogP contribution in [0.25, 0.3) is 0 Å². The number of nitrogens with one attached hydrogen (secondary N) is 1. The molecular formula is C11H13ClN2OS. The monoisotopic (exact) mass is 256 g/mol. The van der Waals surface area contributed by atoms with Gasteiger partial charge in [-0.2, -0.15) is 0 Å². The van der Waals surface area contributed by atoms with E-state index in [1.807, 2.05) is 6.07 Å². The maximum absolute atomic E-state index is 11.4. The molecule has 0 unspecified atom stereocenters. The summed E-state index contributed by atoms with van der Waals surface area (Å²) in [7, 11) is 0. The van der Waals surface area contributed by atoms with E-state index in [1.54, 1.807) is 12.1 Å². The Morgan fingerprint density at radius 2 is 2.31 bits per heavy atom. The summed E-state index contributed by atoms with van der Waals surface area (Å²) in [6.45, 7) is 0. The predicted octanol–water partition coefficient (Wildman–Crippen LogP) is 2.29. The van der Waals surface area contributed by atoms with Crippen LogP contribution in [0.4, 0.5) is 5.69 Å². The van der Waals surface area contributed by atoms with Crippen LogP contribution < -0.4 is 11.1 Å². The Balaban J connectivity index is 1.85. The first kappa shape index (κ1) is 11.6. The zero-order valence-corrected chi connectivity index (χ0v) is 10.3. The van der Waals surface area contributed by atoms with Crippen LogP contribution in [-0.2, 0) is 4.79 Å². The Bertz CT molecular complexity index is 407. The van der Waals surface area contributed by atoms with E-state index in [0.29, 0.717) is 22.5 Å². The lowest BCUT2D eigenvalue weighted by Crippen LogP contribution is -2.26. The molecule has 16 heavy (non-hydrogen) atoms. The second-order valence-corrected chi connectivity index (χ2v) is 5.24. The van der Waals surface area contributed by atoms with Gasteiger partial charge in [-0.25, -0.2) is 0 Å². The lowest BCUT2D eigenvalue weighted by atomic mass is 10.3. The van der Waals surface area contributed by atoms with Crippen LogP contribution in [0, 0.1) is 0 Å². The highest BCUT2D eigenvalue weighted by Crippen LogP contribution is 2.28. The lowest BCUT2D eigenvalue weighted by molar-refractivity contribution is -0.118. The van der Waals surface area contributed by atoms with Crippen LogP contribution >= 0.6 is 23.4 Å². The number of amides is 1. The number of thioether (sulfide) groups is 1. The molecule has 1 amide bonds. The summed E-state index contributed by atoms with van der Waals surface area (Å²) in [6.07, 6.45) is 2.22. The number of benzene rings is 1. The molecule has 3 nitrogen and oxygen atoms in total. The first-order valence-electron chi connectivity index (χ1n) is 5.12. The maximum Gasteiger partial charge on any atom is 0.230 e. The lowest BCUT2D eigenvalue weighted by Gasteiger charge is -2.05. The third kappa shape index (κ3) is 3.32. The Morgan fingerprint density at radius 3 is 2.94 bits per heavy atom. The summed E-state index contributed by atoms with van der Waals surface area (Å²) in [4.78, 5) is 12.3. The van der Waals surface area contributed by atoms with Gasteiger partial charge in [-0.1, -0.05) is 11.6 Å². The van der Waals surface area contributed by atoms with Crippen LogP contribution in [0.5, 0.6) is 0 Å². The third-order valence-electron chi connectivity index (χ3n) is 2.26. The highest BCUT2D eigenvalue weighted by Gasteiger charge is 2.23. The first-order chi connectivity index (χ1) is 7.65. The fraction of sp³-hybridized carbons (Fsp3) is 0.364. The van der Waals surface area contributed by atoms with Crippen molar-refractivity contribution in [1.82, 2.24) is 5.32 Å². The highest BCUT2D eigenvalue weighted by atomic mass is 35.5. The van der Waals surface area contributed by atoms with E-state index in [0.717, 1.165) is 17.7 Å². The molecule has 0 radical (unpaired) electrons. The van der Waals surface area contributed by atoms with E-state index >= 15 is 0 Å². The van der Waals surface area contributed by atoms with E-state index < -0.39 is 0 Å². The fourth-order valence-corrected chi connectivity index (χ4v) is 2.36. The normalized spacial score (nSPS) is 14.8. The molecule has 2 rings (SSSR count). The van der Waals surface area contributed by atoms with Gasteiger partial charge in [-0.15, -0.1) is 11.8 Å². The molecule has 0 aliphatic heterocycles. The van der Waals surface area contributed by atoms with E-state index in [-0.39, 0.29) is 5.91 Å². The minimum Gasteiger partial charge on any atom is -0.399 e. The average Bonchev–Trinajstić information content (AvgIpc) is 3.00. The summed E-state index contributed by atoms with van der Waals surface area (Å²) in [5.41, 5.74) is 6.22. The summed E-state index contributed by atoms with van der Waals surface area (Å²) in [5, 5.41) is 3.53. The van der Waals surface area contributed by atoms with Crippen LogP contribution in [0.2, 0.25) is 5.02 Å². The molecule has 0 aromatic heterocycles. The van der Waals surface area contributed by atoms with Gasteiger partial charge in [0.05, 0.1) is 10.8 Å². The smallest absolute Gasteiger partial charge is 0.230 e. The topological polar surface area (TPSA) is 55.1 Å². The van der Waals surface area contributed by atoms with Gasteiger partial charge in [0.2, 0.25) is 5.91 Å². The van der Waals surface area contributed by atoms with Crippen molar-refractivity contribution >= 4 is 35.0 Å². The number of nitrogen functional groups attached to an aromatic ring is 1. The second kappa shape index (κ2) is 4.97. The molecule has 5 heteroatoms. The molecule has 1 saturated carbocycles. The number of hydrogen-bond acceptors (Lipinski definition) is 3. The molecule has 0 spiro atoms. The molecule has 1 aromatic carbocycles. The minimum atomic E-state index is 0.0698. The van der Waals surface area contributed by atoms with Crippen molar-refractivity contribution in [3.8, 4) is 0 Å². The number of anilines is 1. The van der Waals surface area contributed by atoms with Gasteiger partial charge in [-0.3, -0.25) is 4.79 Å². The Morgan fingerprint density at radius 1 is 1.56 bits per heavy atom. The van der Waals surface area contributed by atoms with Gasteiger partial charge in [0, 0.05) is 16.6 Å². The molecule has 0 bridgehead atoms. The van der Waals surface area contributed by atoms with E-state index in [1.165, 1.54) is 11.8 Å². The van der Waals surface area contributed by atoms with Crippen LogP contribution in [-0.4, -0.2) is 17.7 Å². The molecule has 0 heterocycles. The van der Waals surface area contributed by atoms with Gasteiger partial charge >= 0.3 is 0 Å². The number of rotatable bonds is 4. The Kier molecular flexibility index (Phi) is 3.61. The second-order valence-electron chi connectivity index (χ2n) is 3.82. The van der Waals surface area contributed by atoms with Gasteiger partial charge in [0.1, 0.15) is 0 Å². The van der Waals surface area contributed by atoms with Crippen molar-refractivity contribution < 1.29 is 4.79 Å². The van der Waals surface area contributed by atoms with Gasteiger partial charge in [0.15, 0.2) is 0 Å². The maximum atomic E-state index is 11.4. The van der Waals surface area contributed by atoms with Gasteiger partial charge in [0.25, 0.3) is 0 Å². The minimum absolute atomic E-state index is 0.0698. The van der Waals surface area contributed by atoms with Crippen molar-refractivity contribution in [1.29, 1.82) is 0 Å². The number of carbonyl (C=O) groups excluding carboxylic acids is 1. The zero-order valence-electron chi connectivity index (χ0n) is 8.70. The SMILES string of the molecule is Nc1ccc(SCC(=O)NC2CC2)c(Cl)c1. The number of hydrogen-bond donors (Lipinski definition) is 2. The van der Waals surface area contributed by atoms with Crippen molar-refractivity contribution in [2.75, 3.05) is 11.5 Å². The standard InChI is InChI=1S/C11H13ClN2OS/c12-9-5-7(13)1-4-10(9)16-6-11(15)14-8-2-3-8/h1,4-5,8H,2-3,6,13H2,(H,14,15). The quantitative estimate of drug-likeness (QED) is 0.642. The molecule has 1 aliphatic carbocycles. The average molecular weight is 257 g/mol.